The number of rotatable bonds is 5. The van der Waals surface area contributed by atoms with Crippen LogP contribution in [0.15, 0.2) is 42.6 Å². The Morgan fingerprint density at radius 3 is 2.29 bits per heavy atom. The van der Waals surface area contributed by atoms with Crippen molar-refractivity contribution in [1.82, 2.24) is 10.3 Å². The van der Waals surface area contributed by atoms with Gasteiger partial charge in [0.1, 0.15) is 11.9 Å². The van der Waals surface area contributed by atoms with Crippen molar-refractivity contribution in [3.63, 3.8) is 0 Å². The minimum absolute atomic E-state index is 0.0362. The summed E-state index contributed by atoms with van der Waals surface area (Å²) in [5.41, 5.74) is -0.829. The fourth-order valence-corrected chi connectivity index (χ4v) is 3.22. The zero-order chi connectivity index (χ0) is 22.6. The number of pyridine rings is 1. The fourth-order valence-electron chi connectivity index (χ4n) is 3.22. The number of alkyl halides is 6. The summed E-state index contributed by atoms with van der Waals surface area (Å²) in [4.78, 5) is 16.0. The molecule has 1 aliphatic carbocycles. The van der Waals surface area contributed by atoms with Crippen molar-refractivity contribution in [2.45, 2.75) is 50.4 Å². The second-order valence-electron chi connectivity index (χ2n) is 7.02. The van der Waals surface area contributed by atoms with E-state index < -0.39 is 29.8 Å². The highest BCUT2D eigenvalue weighted by Gasteiger charge is 2.32. The summed E-state index contributed by atoms with van der Waals surface area (Å²) < 4.78 is 84.1. The van der Waals surface area contributed by atoms with E-state index in [2.05, 4.69) is 15.0 Å². The van der Waals surface area contributed by atoms with Gasteiger partial charge >= 0.3 is 12.5 Å². The number of nitrogens with one attached hydrogen (secondary N) is 1. The maximum absolute atomic E-state index is 12.6. The molecule has 1 heterocycles. The Kier molecular flexibility index (Phi) is 6.61. The third-order valence-electron chi connectivity index (χ3n) is 4.69. The quantitative estimate of drug-likeness (QED) is 0.646. The van der Waals surface area contributed by atoms with Crippen LogP contribution >= 0.6 is 0 Å². The van der Waals surface area contributed by atoms with E-state index in [0.717, 1.165) is 24.3 Å². The number of aromatic nitrogens is 1. The topological polar surface area (TPSA) is 60.5 Å². The average Bonchev–Trinajstić information content (AvgIpc) is 2.68. The van der Waals surface area contributed by atoms with Crippen molar-refractivity contribution in [3.8, 4) is 11.6 Å². The Morgan fingerprint density at radius 2 is 1.71 bits per heavy atom. The minimum atomic E-state index is -4.85. The van der Waals surface area contributed by atoms with Gasteiger partial charge in [-0.05, 0) is 49.9 Å². The first kappa shape index (κ1) is 22.7. The molecule has 2 aromatic rings. The van der Waals surface area contributed by atoms with Crippen molar-refractivity contribution >= 4 is 5.91 Å². The van der Waals surface area contributed by atoms with Crippen LogP contribution in [0.25, 0.3) is 0 Å². The number of nitrogens with zero attached hydrogens (tertiary/aromatic N) is 1. The second-order valence-corrected chi connectivity index (χ2v) is 7.02. The van der Waals surface area contributed by atoms with Gasteiger partial charge in [-0.15, -0.1) is 13.2 Å². The fraction of sp³-hybridized carbons (Fsp3) is 0.400. The van der Waals surface area contributed by atoms with Crippen molar-refractivity contribution < 1.29 is 40.6 Å². The molecular weight excluding hydrogens is 430 g/mol. The number of halogens is 6. The second kappa shape index (κ2) is 9.03. The van der Waals surface area contributed by atoms with Crippen LogP contribution in [0.1, 0.15) is 41.6 Å². The highest BCUT2D eigenvalue weighted by molar-refractivity contribution is 5.94. The maximum Gasteiger partial charge on any atom is 0.573 e. The van der Waals surface area contributed by atoms with Crippen LogP contribution in [-0.4, -0.2) is 29.4 Å². The molecule has 0 spiro atoms. The zero-order valence-corrected chi connectivity index (χ0v) is 16.0. The highest BCUT2D eigenvalue weighted by Crippen LogP contribution is 2.30. The van der Waals surface area contributed by atoms with E-state index >= 15 is 0 Å². The summed E-state index contributed by atoms with van der Waals surface area (Å²) in [6.45, 7) is 0. The van der Waals surface area contributed by atoms with Crippen LogP contribution in [0.3, 0.4) is 0 Å². The molecule has 1 aromatic heterocycles. The third kappa shape index (κ3) is 6.76. The molecular formula is C20H18F6N2O3. The lowest BCUT2D eigenvalue weighted by atomic mass is 9.92. The van der Waals surface area contributed by atoms with Gasteiger partial charge in [-0.3, -0.25) is 4.79 Å². The lowest BCUT2D eigenvalue weighted by Gasteiger charge is -2.29. The normalized spacial score (nSPS) is 19.5. The van der Waals surface area contributed by atoms with E-state index in [1.807, 2.05) is 0 Å². The van der Waals surface area contributed by atoms with Crippen LogP contribution in [0.5, 0.6) is 11.6 Å². The molecule has 0 atom stereocenters. The number of benzene rings is 1. The number of carbonyl (C=O) groups is 1. The van der Waals surface area contributed by atoms with Gasteiger partial charge in [0.2, 0.25) is 5.88 Å². The van der Waals surface area contributed by atoms with Gasteiger partial charge in [-0.1, -0.05) is 6.07 Å². The van der Waals surface area contributed by atoms with Gasteiger partial charge in [0, 0.05) is 23.9 Å². The Balaban J connectivity index is 1.49. The first-order valence-corrected chi connectivity index (χ1v) is 9.36. The molecule has 0 saturated heterocycles. The van der Waals surface area contributed by atoms with Crippen LogP contribution < -0.4 is 14.8 Å². The van der Waals surface area contributed by atoms with Crippen LogP contribution in [0.4, 0.5) is 26.3 Å². The van der Waals surface area contributed by atoms with E-state index in [1.165, 1.54) is 12.1 Å². The molecule has 0 bridgehead atoms. The molecule has 1 amide bonds. The number of carbonyl (C=O) groups excluding carboxylic acids is 1. The number of amides is 1. The summed E-state index contributed by atoms with van der Waals surface area (Å²) >= 11 is 0. The predicted octanol–water partition coefficient (Wildman–Crippen LogP) is 5.12. The third-order valence-corrected chi connectivity index (χ3v) is 4.69. The van der Waals surface area contributed by atoms with Crippen LogP contribution in [0, 0.1) is 0 Å². The van der Waals surface area contributed by atoms with Gasteiger partial charge in [0.25, 0.3) is 5.91 Å². The molecule has 0 aliphatic heterocycles. The lowest BCUT2D eigenvalue weighted by Crippen LogP contribution is -2.39. The highest BCUT2D eigenvalue weighted by atomic mass is 19.4. The van der Waals surface area contributed by atoms with Crippen molar-refractivity contribution in [3.05, 3.63) is 53.7 Å². The standard InChI is InChI=1S/C20H18F6N2O3/c21-19(22,23)13-4-9-17(27-11-13)30-15-7-5-14(6-8-15)28-18(29)12-2-1-3-16(10-12)31-20(24,25)26/h1-4,9-11,14-15H,5-8H2,(H,28,29). The van der Waals surface area contributed by atoms with Crippen molar-refractivity contribution in [2.24, 2.45) is 0 Å². The maximum atomic E-state index is 12.6. The van der Waals surface area contributed by atoms with E-state index in [-0.39, 0.29) is 23.6 Å². The largest absolute Gasteiger partial charge is 0.573 e. The Morgan fingerprint density at radius 1 is 1.00 bits per heavy atom. The zero-order valence-electron chi connectivity index (χ0n) is 16.0. The molecule has 1 fully saturated rings. The molecule has 168 valence electrons. The monoisotopic (exact) mass is 448 g/mol. The summed E-state index contributed by atoms with van der Waals surface area (Å²) in [7, 11) is 0. The van der Waals surface area contributed by atoms with E-state index in [0.29, 0.717) is 31.9 Å². The SMILES string of the molecule is O=C(NC1CCC(Oc2ccc(C(F)(F)F)cn2)CC1)c1cccc(OC(F)(F)F)c1. The lowest BCUT2D eigenvalue weighted by molar-refractivity contribution is -0.274. The molecule has 31 heavy (non-hydrogen) atoms. The summed E-state index contributed by atoms with van der Waals surface area (Å²) in [5, 5.41) is 2.76. The molecule has 3 rings (SSSR count). The minimum Gasteiger partial charge on any atom is -0.474 e. The van der Waals surface area contributed by atoms with Gasteiger partial charge in [0.05, 0.1) is 5.56 Å². The van der Waals surface area contributed by atoms with E-state index in [4.69, 9.17) is 4.74 Å². The van der Waals surface area contributed by atoms with Crippen molar-refractivity contribution in [1.29, 1.82) is 0 Å². The van der Waals surface area contributed by atoms with E-state index in [9.17, 15) is 31.1 Å². The van der Waals surface area contributed by atoms with Crippen LogP contribution in [-0.2, 0) is 6.18 Å². The first-order chi connectivity index (χ1) is 14.5. The van der Waals surface area contributed by atoms with Crippen LogP contribution in [0.2, 0.25) is 0 Å². The molecule has 11 heteroatoms. The summed E-state index contributed by atoms with van der Waals surface area (Å²) in [6.07, 6.45) is -6.74. The van der Waals surface area contributed by atoms with Gasteiger partial charge in [-0.25, -0.2) is 4.98 Å². The smallest absolute Gasteiger partial charge is 0.474 e. The van der Waals surface area contributed by atoms with Crippen molar-refractivity contribution in [2.75, 3.05) is 0 Å². The molecule has 1 saturated carbocycles. The Bertz CT molecular complexity index is 891. The number of hydrogen-bond donors (Lipinski definition) is 1. The van der Waals surface area contributed by atoms with Gasteiger partial charge in [0.15, 0.2) is 0 Å². The summed E-state index contributed by atoms with van der Waals surface area (Å²) in [5.74, 6) is -0.926. The Hall–Kier alpha value is -2.98. The molecule has 0 unspecified atom stereocenters. The number of hydrogen-bond acceptors (Lipinski definition) is 4. The van der Waals surface area contributed by atoms with Gasteiger partial charge < -0.3 is 14.8 Å². The average molecular weight is 448 g/mol. The number of ether oxygens (including phenoxy) is 2. The molecule has 0 radical (unpaired) electrons. The first-order valence-electron chi connectivity index (χ1n) is 9.36. The molecule has 1 aromatic carbocycles. The predicted molar refractivity (Wildman–Crippen MR) is 96.5 cm³/mol. The molecule has 1 aliphatic rings. The summed E-state index contributed by atoms with van der Waals surface area (Å²) in [6, 6.07) is 6.62. The van der Waals surface area contributed by atoms with E-state index in [1.54, 1.807) is 0 Å². The Labute approximate surface area is 173 Å². The molecule has 5 nitrogen and oxygen atoms in total. The van der Waals surface area contributed by atoms with Gasteiger partial charge in [-0.2, -0.15) is 13.2 Å². The molecule has 1 N–H and O–H groups in total.